The Balaban J connectivity index is 1.82. The van der Waals surface area contributed by atoms with Crippen molar-refractivity contribution in [3.8, 4) is 16.9 Å². The third kappa shape index (κ3) is 3.24. The molecule has 1 aliphatic heterocycles. The molecule has 4 rings (SSSR count). The maximum atomic E-state index is 13.6. The molecule has 9 heteroatoms. The fraction of sp³-hybridized carbons (Fsp3) is 0.316. The van der Waals surface area contributed by atoms with Crippen LogP contribution in [0.4, 0.5) is 4.39 Å². The molecule has 0 radical (unpaired) electrons. The van der Waals surface area contributed by atoms with Gasteiger partial charge in [0, 0.05) is 56.3 Å². The number of benzene rings is 1. The van der Waals surface area contributed by atoms with Gasteiger partial charge in [-0.25, -0.2) is 14.2 Å². The summed E-state index contributed by atoms with van der Waals surface area (Å²) in [5.74, 6) is -0.0747. The SMILES string of the molecule is COc1cc(F)ccc1-c1cn(C)c(=O)n2cc(CN3CCNC(=O)C3)nc12. The standard InChI is InChI=1S/C19H20FN5O3/c1-23-10-15(14-4-3-12(20)7-16(14)28-2)18-22-13(9-25(18)19(23)27)8-24-6-5-21-17(26)11-24/h3-4,7,9-10H,5-6,8,11H2,1-2H3,(H,21,26). The number of methoxy groups -OCH3 is 1. The first kappa shape index (κ1) is 18.2. The summed E-state index contributed by atoms with van der Waals surface area (Å²) in [6.07, 6.45) is 3.35. The normalized spacial score (nSPS) is 15.0. The van der Waals surface area contributed by atoms with Crippen molar-refractivity contribution in [3.63, 3.8) is 0 Å². The van der Waals surface area contributed by atoms with Crippen molar-refractivity contribution >= 4 is 11.6 Å². The van der Waals surface area contributed by atoms with E-state index < -0.39 is 5.82 Å². The van der Waals surface area contributed by atoms with Crippen LogP contribution in [-0.4, -0.2) is 51.5 Å². The Labute approximate surface area is 160 Å². The van der Waals surface area contributed by atoms with E-state index in [1.807, 2.05) is 4.90 Å². The van der Waals surface area contributed by atoms with E-state index in [2.05, 4.69) is 10.3 Å². The molecule has 0 spiro atoms. The van der Waals surface area contributed by atoms with Crippen molar-refractivity contribution in [1.29, 1.82) is 0 Å². The zero-order valence-corrected chi connectivity index (χ0v) is 15.6. The topological polar surface area (TPSA) is 80.9 Å². The van der Waals surface area contributed by atoms with Crippen LogP contribution in [0.5, 0.6) is 5.75 Å². The third-order valence-electron chi connectivity index (χ3n) is 4.78. The van der Waals surface area contributed by atoms with Gasteiger partial charge in [0.05, 0.1) is 19.3 Å². The fourth-order valence-corrected chi connectivity index (χ4v) is 3.45. The van der Waals surface area contributed by atoms with Crippen LogP contribution in [0.15, 0.2) is 35.4 Å². The highest BCUT2D eigenvalue weighted by molar-refractivity contribution is 5.81. The first-order chi connectivity index (χ1) is 13.5. The molecule has 0 bridgehead atoms. The number of fused-ring (bicyclic) bond motifs is 1. The van der Waals surface area contributed by atoms with E-state index in [-0.39, 0.29) is 11.6 Å². The highest BCUT2D eigenvalue weighted by Gasteiger charge is 2.20. The molecule has 1 saturated heterocycles. The lowest BCUT2D eigenvalue weighted by molar-refractivity contribution is -0.124. The minimum absolute atomic E-state index is 0.0253. The zero-order chi connectivity index (χ0) is 19.8. The molecule has 0 saturated carbocycles. The highest BCUT2D eigenvalue weighted by atomic mass is 19.1. The fourth-order valence-electron chi connectivity index (χ4n) is 3.45. The Morgan fingerprint density at radius 1 is 1.25 bits per heavy atom. The molecule has 0 atom stereocenters. The molecule has 1 aliphatic rings. The molecule has 8 nitrogen and oxygen atoms in total. The summed E-state index contributed by atoms with van der Waals surface area (Å²) in [5, 5.41) is 2.78. The van der Waals surface area contributed by atoms with E-state index in [9.17, 15) is 14.0 Å². The van der Waals surface area contributed by atoms with E-state index >= 15 is 0 Å². The zero-order valence-electron chi connectivity index (χ0n) is 15.6. The van der Waals surface area contributed by atoms with Crippen LogP contribution in [0, 0.1) is 5.82 Å². The molecular formula is C19H20FN5O3. The second kappa shape index (κ2) is 7.08. The van der Waals surface area contributed by atoms with E-state index in [4.69, 9.17) is 4.74 Å². The minimum Gasteiger partial charge on any atom is -0.496 e. The van der Waals surface area contributed by atoms with Crippen LogP contribution < -0.4 is 15.7 Å². The van der Waals surface area contributed by atoms with Gasteiger partial charge in [0.2, 0.25) is 5.91 Å². The van der Waals surface area contributed by atoms with Gasteiger partial charge in [0.25, 0.3) is 0 Å². The van der Waals surface area contributed by atoms with Crippen LogP contribution in [0.25, 0.3) is 16.8 Å². The van der Waals surface area contributed by atoms with E-state index in [0.29, 0.717) is 47.9 Å². The van der Waals surface area contributed by atoms with Gasteiger partial charge in [-0.3, -0.25) is 14.1 Å². The lowest BCUT2D eigenvalue weighted by Crippen LogP contribution is -2.47. The number of rotatable bonds is 4. The number of nitrogens with one attached hydrogen (secondary N) is 1. The van der Waals surface area contributed by atoms with Gasteiger partial charge in [-0.15, -0.1) is 0 Å². The Morgan fingerprint density at radius 2 is 2.07 bits per heavy atom. The molecule has 1 amide bonds. The van der Waals surface area contributed by atoms with Crippen LogP contribution in [0.3, 0.4) is 0 Å². The number of piperazine rings is 1. The summed E-state index contributed by atoms with van der Waals surface area (Å²) in [4.78, 5) is 30.8. The van der Waals surface area contributed by atoms with Gasteiger partial charge in [0.15, 0.2) is 5.65 Å². The third-order valence-corrected chi connectivity index (χ3v) is 4.78. The molecular weight excluding hydrogens is 365 g/mol. The van der Waals surface area contributed by atoms with Crippen LogP contribution >= 0.6 is 0 Å². The number of halogens is 1. The predicted molar refractivity (Wildman–Crippen MR) is 101 cm³/mol. The molecule has 146 valence electrons. The van der Waals surface area contributed by atoms with Gasteiger partial charge < -0.3 is 14.6 Å². The Morgan fingerprint density at radius 3 is 2.82 bits per heavy atom. The number of nitrogens with zero attached hydrogens (tertiary/aromatic N) is 4. The molecule has 3 heterocycles. The molecule has 1 N–H and O–H groups in total. The number of aryl methyl sites for hydroxylation is 1. The Bertz CT molecular complexity index is 1120. The van der Waals surface area contributed by atoms with Crippen molar-refractivity contribution in [3.05, 3.63) is 52.6 Å². The van der Waals surface area contributed by atoms with Crippen LogP contribution in [0.2, 0.25) is 0 Å². The Hall–Kier alpha value is -3.20. The van der Waals surface area contributed by atoms with Crippen molar-refractivity contribution in [2.24, 2.45) is 7.05 Å². The quantitative estimate of drug-likeness (QED) is 0.718. The van der Waals surface area contributed by atoms with Crippen molar-refractivity contribution < 1.29 is 13.9 Å². The van der Waals surface area contributed by atoms with Crippen LogP contribution in [-0.2, 0) is 18.4 Å². The number of carbonyl (C=O) groups is 1. The summed E-state index contributed by atoms with van der Waals surface area (Å²) in [6.45, 7) is 2.06. The maximum absolute atomic E-state index is 13.6. The lowest BCUT2D eigenvalue weighted by Gasteiger charge is -2.25. The van der Waals surface area contributed by atoms with Gasteiger partial charge >= 0.3 is 5.69 Å². The summed E-state index contributed by atoms with van der Waals surface area (Å²) in [6, 6.07) is 4.25. The molecule has 0 unspecified atom stereocenters. The maximum Gasteiger partial charge on any atom is 0.333 e. The molecule has 1 aromatic carbocycles. The van der Waals surface area contributed by atoms with Gasteiger partial charge in [-0.05, 0) is 12.1 Å². The number of imidazole rings is 1. The number of ether oxygens (including phenoxy) is 1. The van der Waals surface area contributed by atoms with Crippen molar-refractivity contribution in [2.45, 2.75) is 6.54 Å². The van der Waals surface area contributed by atoms with E-state index in [1.54, 1.807) is 25.5 Å². The summed E-state index contributed by atoms with van der Waals surface area (Å²) < 4.78 is 21.9. The number of hydrogen-bond donors (Lipinski definition) is 1. The molecule has 28 heavy (non-hydrogen) atoms. The molecule has 2 aromatic heterocycles. The molecule has 0 aliphatic carbocycles. The van der Waals surface area contributed by atoms with Crippen molar-refractivity contribution in [1.82, 2.24) is 24.2 Å². The van der Waals surface area contributed by atoms with E-state index in [0.717, 1.165) is 6.54 Å². The second-order valence-corrected chi connectivity index (χ2v) is 6.77. The Kier molecular flexibility index (Phi) is 4.60. The first-order valence-corrected chi connectivity index (χ1v) is 8.87. The monoisotopic (exact) mass is 385 g/mol. The number of aromatic nitrogens is 3. The molecule has 3 aromatic rings. The first-order valence-electron chi connectivity index (χ1n) is 8.87. The van der Waals surface area contributed by atoms with Crippen LogP contribution in [0.1, 0.15) is 5.69 Å². The number of hydrogen-bond acceptors (Lipinski definition) is 5. The lowest BCUT2D eigenvalue weighted by atomic mass is 10.1. The minimum atomic E-state index is -0.408. The average Bonchev–Trinajstić information content (AvgIpc) is 3.09. The highest BCUT2D eigenvalue weighted by Crippen LogP contribution is 2.32. The smallest absolute Gasteiger partial charge is 0.333 e. The van der Waals surface area contributed by atoms with Crippen molar-refractivity contribution in [2.75, 3.05) is 26.7 Å². The summed E-state index contributed by atoms with van der Waals surface area (Å²) in [5.41, 5.74) is 2.19. The second-order valence-electron chi connectivity index (χ2n) is 6.77. The number of amides is 1. The largest absolute Gasteiger partial charge is 0.496 e. The molecule has 1 fully saturated rings. The summed E-state index contributed by atoms with van der Waals surface area (Å²) in [7, 11) is 3.12. The predicted octanol–water partition coefficient (Wildman–Crippen LogP) is 0.779. The number of carbonyl (C=O) groups excluding carboxylic acids is 1. The van der Waals surface area contributed by atoms with Gasteiger partial charge in [-0.1, -0.05) is 0 Å². The van der Waals surface area contributed by atoms with E-state index in [1.165, 1.54) is 28.2 Å². The van der Waals surface area contributed by atoms with Gasteiger partial charge in [-0.2, -0.15) is 0 Å². The summed E-state index contributed by atoms with van der Waals surface area (Å²) >= 11 is 0. The average molecular weight is 385 g/mol. The van der Waals surface area contributed by atoms with Gasteiger partial charge in [0.1, 0.15) is 11.6 Å².